The van der Waals surface area contributed by atoms with Crippen molar-refractivity contribution in [2.45, 2.75) is 140 Å². The molecule has 4 aliphatic heterocycles. The van der Waals surface area contributed by atoms with Gasteiger partial charge in [-0.15, -0.1) is 0 Å². The lowest BCUT2D eigenvalue weighted by Crippen LogP contribution is -2.38. The van der Waals surface area contributed by atoms with Gasteiger partial charge in [-0.05, 0) is 179 Å². The van der Waals surface area contributed by atoms with Crippen LogP contribution in [0.4, 0.5) is 0 Å². The molecule has 0 bridgehead atoms. The van der Waals surface area contributed by atoms with Crippen molar-refractivity contribution in [1.82, 2.24) is 39.5 Å². The summed E-state index contributed by atoms with van der Waals surface area (Å²) < 4.78 is 45.8. The average Bonchev–Trinajstić information content (AvgIpc) is 1.83. The first-order valence-electron chi connectivity index (χ1n) is 38.8. The maximum absolute atomic E-state index is 12.5. The minimum absolute atomic E-state index is 0.00871. The SMILES string of the molecule is CCc1ccc(-c2nc(COCC(=O)N3CCc4ccccc4C3)c(C)o2)cc1.Cc1ccc(-c2nc(COCC(=O)N3CCc4ccccc4C3)c(C)o2)cc1.Cc1ccc(-c2nc(COCC(=O)N3CCc4ccccc4C3)c(C)o2)cc1.Cc1ccc(-c2nc(COCC(=O)N3CCc4ccccc4C3)c(C)o2)cc1. The summed E-state index contributed by atoms with van der Waals surface area (Å²) in [7, 11) is 0. The van der Waals surface area contributed by atoms with Gasteiger partial charge in [0.2, 0.25) is 47.2 Å². The Bertz CT molecular complexity index is 4830. The van der Waals surface area contributed by atoms with Crippen molar-refractivity contribution in [2.24, 2.45) is 0 Å². The van der Waals surface area contributed by atoms with Crippen LogP contribution in [0.25, 0.3) is 45.8 Å². The number of carbonyl (C=O) groups is 4. The molecule has 0 radical (unpaired) electrons. The van der Waals surface area contributed by atoms with Gasteiger partial charge in [0, 0.05) is 74.6 Å². The largest absolute Gasteiger partial charge is 0.441 e. The van der Waals surface area contributed by atoms with Gasteiger partial charge in [-0.2, -0.15) is 0 Å². The van der Waals surface area contributed by atoms with Gasteiger partial charge in [0.1, 0.15) is 72.2 Å². The molecule has 4 amide bonds. The number of aromatic nitrogens is 4. The van der Waals surface area contributed by atoms with Crippen LogP contribution in [0, 0.1) is 48.5 Å². The summed E-state index contributed by atoms with van der Waals surface area (Å²) in [5, 5.41) is 0. The standard InChI is InChI=1S/C24H26N2O3.3C23H24N2O3/c1-3-18-8-10-20(11-9-18)24-25-22(17(2)29-24)15-28-16-23(27)26-13-12-19-6-4-5-7-21(19)14-26;3*1-16-7-9-19(10-8-16)23-24-21(17(2)28-23)14-27-15-22(26)25-12-11-18-5-3-4-6-20(18)13-25/h4-11H,3,12-16H2,1-2H3;3*3-10H,11-15H2,1-2H3. The van der Waals surface area contributed by atoms with Crippen molar-refractivity contribution < 1.29 is 55.8 Å². The fraction of sp³-hybridized carbons (Fsp3) is 0.312. The minimum atomic E-state index is 0.00871. The van der Waals surface area contributed by atoms with E-state index >= 15 is 0 Å². The lowest BCUT2D eigenvalue weighted by molar-refractivity contribution is -0.138. The Morgan fingerprint density at radius 3 is 0.735 bits per heavy atom. The molecule has 8 aromatic carbocycles. The average molecular weight is 1520 g/mol. The Morgan fingerprint density at radius 1 is 0.301 bits per heavy atom. The van der Waals surface area contributed by atoms with E-state index in [0.29, 0.717) is 49.7 Å². The molecule has 113 heavy (non-hydrogen) atoms. The summed E-state index contributed by atoms with van der Waals surface area (Å²) in [6.45, 7) is 22.5. The van der Waals surface area contributed by atoms with Crippen LogP contribution in [0.1, 0.15) is 120 Å². The van der Waals surface area contributed by atoms with Crippen molar-refractivity contribution in [2.75, 3.05) is 52.6 Å². The molecule has 0 fully saturated rings. The van der Waals surface area contributed by atoms with Crippen molar-refractivity contribution in [3.63, 3.8) is 0 Å². The molecule has 0 aliphatic carbocycles. The third-order valence-electron chi connectivity index (χ3n) is 20.9. The van der Waals surface area contributed by atoms with Crippen LogP contribution in [0.15, 0.2) is 212 Å². The maximum Gasteiger partial charge on any atom is 0.248 e. The molecule has 0 saturated carbocycles. The number of oxazole rings is 4. The smallest absolute Gasteiger partial charge is 0.248 e. The van der Waals surface area contributed by atoms with Crippen LogP contribution in [0.5, 0.6) is 0 Å². The second-order valence-electron chi connectivity index (χ2n) is 29.0. The molecule has 0 unspecified atom stereocenters. The van der Waals surface area contributed by atoms with Crippen LogP contribution in [-0.2, 0) is 123 Å². The molecule has 4 aliphatic rings. The second kappa shape index (κ2) is 38.0. The highest BCUT2D eigenvalue weighted by Gasteiger charge is 2.26. The number of carbonyl (C=O) groups excluding carboxylic acids is 4. The van der Waals surface area contributed by atoms with Crippen LogP contribution in [-0.4, -0.2) is 116 Å². The van der Waals surface area contributed by atoms with Gasteiger partial charge < -0.3 is 56.2 Å². The lowest BCUT2D eigenvalue weighted by Gasteiger charge is -2.28. The number of ether oxygens (including phenoxy) is 4. The molecule has 4 aromatic heterocycles. The number of hydrogen-bond donors (Lipinski definition) is 0. The molecular formula is C93H98N8O12. The summed E-state index contributed by atoms with van der Waals surface area (Å²) in [6, 6.07) is 65.4. The maximum atomic E-state index is 12.5. The third-order valence-corrected chi connectivity index (χ3v) is 20.9. The number of hydrogen-bond acceptors (Lipinski definition) is 16. The zero-order valence-electron chi connectivity index (χ0n) is 65.8. The minimum Gasteiger partial charge on any atom is -0.441 e. The monoisotopic (exact) mass is 1520 g/mol. The van der Waals surface area contributed by atoms with Gasteiger partial charge in [-0.1, -0.05) is 169 Å². The number of nitrogens with zero attached hydrogens (tertiary/aromatic N) is 8. The van der Waals surface area contributed by atoms with Gasteiger partial charge in [0.05, 0.1) is 26.4 Å². The first kappa shape index (κ1) is 79.4. The summed E-state index contributed by atoms with van der Waals surface area (Å²) >= 11 is 0. The van der Waals surface area contributed by atoms with E-state index in [1.54, 1.807) is 0 Å². The van der Waals surface area contributed by atoms with E-state index in [9.17, 15) is 19.2 Å². The van der Waals surface area contributed by atoms with Crippen molar-refractivity contribution >= 4 is 23.6 Å². The molecule has 20 heteroatoms. The van der Waals surface area contributed by atoms with Crippen LogP contribution in [0.2, 0.25) is 0 Å². The molecule has 12 aromatic rings. The zero-order valence-corrected chi connectivity index (χ0v) is 65.8. The Labute approximate surface area is 660 Å². The Morgan fingerprint density at radius 2 is 0.513 bits per heavy atom. The van der Waals surface area contributed by atoms with Crippen LogP contribution >= 0.6 is 0 Å². The summed E-state index contributed by atoms with van der Waals surface area (Å²) in [6.07, 6.45) is 4.57. The van der Waals surface area contributed by atoms with E-state index in [1.807, 2.05) is 202 Å². The highest BCUT2D eigenvalue weighted by Crippen LogP contribution is 2.30. The highest BCUT2D eigenvalue weighted by molar-refractivity contribution is 5.79. The van der Waals surface area contributed by atoms with E-state index in [1.165, 1.54) is 66.8 Å². The molecule has 20 nitrogen and oxygen atoms in total. The van der Waals surface area contributed by atoms with Gasteiger partial charge in [0.25, 0.3) is 0 Å². The molecule has 0 atom stereocenters. The fourth-order valence-corrected chi connectivity index (χ4v) is 13.9. The number of aryl methyl sites for hydroxylation is 8. The molecule has 582 valence electrons. The molecule has 0 saturated heterocycles. The Kier molecular flexibility index (Phi) is 26.7. The second-order valence-corrected chi connectivity index (χ2v) is 29.0. The number of benzene rings is 8. The van der Waals surface area contributed by atoms with Crippen molar-refractivity contribution in [3.05, 3.63) is 307 Å². The van der Waals surface area contributed by atoms with Crippen molar-refractivity contribution in [3.8, 4) is 45.8 Å². The highest BCUT2D eigenvalue weighted by atomic mass is 16.5. The first-order valence-corrected chi connectivity index (χ1v) is 38.8. The normalized spacial score (nSPS) is 13.4. The first-order chi connectivity index (χ1) is 54.9. The summed E-state index contributed by atoms with van der Waals surface area (Å²) in [5.74, 6) is 5.23. The van der Waals surface area contributed by atoms with Gasteiger partial charge in [-0.25, -0.2) is 19.9 Å². The Hall–Kier alpha value is -11.7. The molecule has 8 heterocycles. The number of fused-ring (bicyclic) bond motifs is 4. The van der Waals surface area contributed by atoms with Gasteiger partial charge in [0.15, 0.2) is 0 Å². The molecular weight excluding hydrogens is 1420 g/mol. The van der Waals surface area contributed by atoms with Crippen LogP contribution < -0.4 is 0 Å². The lowest BCUT2D eigenvalue weighted by atomic mass is 10.00. The van der Waals surface area contributed by atoms with E-state index in [-0.39, 0.29) is 76.5 Å². The predicted molar refractivity (Wildman–Crippen MR) is 431 cm³/mol. The molecule has 0 N–H and O–H groups in total. The molecule has 0 spiro atoms. The van der Waals surface area contributed by atoms with E-state index in [0.717, 1.165) is 126 Å². The Balaban J connectivity index is 0.000000132. The topological polar surface area (TPSA) is 222 Å². The predicted octanol–water partition coefficient (Wildman–Crippen LogP) is 16.5. The summed E-state index contributed by atoms with van der Waals surface area (Å²) in [5.41, 5.74) is 21.7. The molecule has 16 rings (SSSR count). The van der Waals surface area contributed by atoms with E-state index in [2.05, 4.69) is 87.5 Å². The van der Waals surface area contributed by atoms with Crippen molar-refractivity contribution in [1.29, 1.82) is 0 Å². The van der Waals surface area contributed by atoms with E-state index < -0.39 is 0 Å². The fourth-order valence-electron chi connectivity index (χ4n) is 13.9. The zero-order chi connectivity index (χ0) is 78.7. The quantitative estimate of drug-likeness (QED) is 0.0652. The third kappa shape index (κ3) is 21.1. The summed E-state index contributed by atoms with van der Waals surface area (Å²) in [4.78, 5) is 75.6. The van der Waals surface area contributed by atoms with E-state index in [4.69, 9.17) is 36.6 Å². The van der Waals surface area contributed by atoms with Gasteiger partial charge >= 0.3 is 0 Å². The number of amides is 4. The van der Waals surface area contributed by atoms with Crippen LogP contribution in [0.3, 0.4) is 0 Å². The van der Waals surface area contributed by atoms with Gasteiger partial charge in [-0.3, -0.25) is 19.2 Å². The number of rotatable bonds is 21.